The summed E-state index contributed by atoms with van der Waals surface area (Å²) >= 11 is 1.77. The van der Waals surface area contributed by atoms with Crippen molar-refractivity contribution in [2.24, 2.45) is 0 Å². The van der Waals surface area contributed by atoms with Gasteiger partial charge in [0.05, 0.1) is 19.6 Å². The van der Waals surface area contributed by atoms with Gasteiger partial charge in [-0.15, -0.1) is 11.3 Å². The molecule has 1 N–H and O–H groups in total. The van der Waals surface area contributed by atoms with Crippen LogP contribution in [0.1, 0.15) is 22.9 Å². The number of methoxy groups -OCH3 is 2. The number of tetrazole rings is 1. The minimum atomic E-state index is 0.520. The number of hydrogen-bond acceptors (Lipinski definition) is 9. The van der Waals surface area contributed by atoms with Crippen LogP contribution in [0.5, 0.6) is 11.5 Å². The highest BCUT2D eigenvalue weighted by Crippen LogP contribution is 2.38. The fourth-order valence-electron chi connectivity index (χ4n) is 4.13. The van der Waals surface area contributed by atoms with Crippen LogP contribution >= 0.6 is 11.3 Å². The van der Waals surface area contributed by atoms with Crippen molar-refractivity contribution < 1.29 is 9.47 Å². The zero-order valence-corrected chi connectivity index (χ0v) is 18.7. The van der Waals surface area contributed by atoms with Crippen LogP contribution in [0, 0.1) is 0 Å². The molecule has 5 rings (SSSR count). The number of anilines is 1. The normalized spacial score (nSPS) is 14.2. The number of benzene rings is 1. The van der Waals surface area contributed by atoms with Crippen molar-refractivity contribution in [1.29, 1.82) is 0 Å². The fourth-order valence-corrected chi connectivity index (χ4v) is 5.47. The molecule has 9 nitrogen and oxygen atoms in total. The third-order valence-electron chi connectivity index (χ3n) is 5.81. The van der Waals surface area contributed by atoms with Gasteiger partial charge in [-0.1, -0.05) is 18.1 Å². The smallest absolute Gasteiger partial charge is 0.276 e. The second kappa shape index (κ2) is 8.27. The lowest BCUT2D eigenvalue weighted by atomic mass is 10.0. The summed E-state index contributed by atoms with van der Waals surface area (Å²) in [5.74, 6) is 2.86. The summed E-state index contributed by atoms with van der Waals surface area (Å²) in [5, 5.41) is 16.8. The Bertz CT molecular complexity index is 1240. The van der Waals surface area contributed by atoms with Crippen molar-refractivity contribution in [3.05, 3.63) is 34.2 Å². The molecule has 0 aliphatic carbocycles. The molecule has 1 aromatic carbocycles. The third-order valence-corrected chi connectivity index (χ3v) is 7.00. The minimum Gasteiger partial charge on any atom is -0.493 e. The van der Waals surface area contributed by atoms with Gasteiger partial charge in [-0.25, -0.2) is 0 Å². The summed E-state index contributed by atoms with van der Waals surface area (Å²) in [6, 6.07) is 6.01. The monoisotopic (exact) mass is 439 g/mol. The van der Waals surface area contributed by atoms with Crippen molar-refractivity contribution in [3.8, 4) is 11.5 Å². The summed E-state index contributed by atoms with van der Waals surface area (Å²) in [5.41, 5.74) is 2.54. The minimum absolute atomic E-state index is 0.520. The number of nitrogens with zero attached hydrogens (tertiary/aromatic N) is 6. The van der Waals surface area contributed by atoms with Crippen molar-refractivity contribution in [1.82, 2.24) is 29.9 Å². The molecule has 4 aromatic rings. The van der Waals surface area contributed by atoms with Crippen LogP contribution in [0.15, 0.2) is 18.2 Å². The third kappa shape index (κ3) is 3.55. The van der Waals surface area contributed by atoms with Crippen LogP contribution in [0.4, 0.5) is 5.82 Å². The van der Waals surface area contributed by atoms with Gasteiger partial charge in [0.1, 0.15) is 10.6 Å². The van der Waals surface area contributed by atoms with E-state index in [1.54, 1.807) is 30.1 Å². The SMILES string of the molecule is CCN1CCc2c(sc3c2c(NCCc2ccc(OC)c(OC)c2)nc2nnnn23)C1. The van der Waals surface area contributed by atoms with Crippen LogP contribution in [0.2, 0.25) is 0 Å². The van der Waals surface area contributed by atoms with E-state index in [1.165, 1.54) is 10.4 Å². The Kier molecular flexibility index (Phi) is 5.33. The van der Waals surface area contributed by atoms with Crippen LogP contribution < -0.4 is 14.8 Å². The average molecular weight is 440 g/mol. The van der Waals surface area contributed by atoms with Crippen molar-refractivity contribution in [2.45, 2.75) is 26.3 Å². The highest BCUT2D eigenvalue weighted by Gasteiger charge is 2.25. The van der Waals surface area contributed by atoms with E-state index in [-0.39, 0.29) is 0 Å². The molecule has 4 heterocycles. The molecule has 162 valence electrons. The quantitative estimate of drug-likeness (QED) is 0.470. The Morgan fingerprint density at radius 1 is 1.19 bits per heavy atom. The molecule has 0 fully saturated rings. The van der Waals surface area contributed by atoms with Gasteiger partial charge in [-0.2, -0.15) is 9.50 Å². The molecule has 0 amide bonds. The summed E-state index contributed by atoms with van der Waals surface area (Å²) in [6.45, 7) is 6.04. The zero-order valence-electron chi connectivity index (χ0n) is 17.9. The van der Waals surface area contributed by atoms with Crippen molar-refractivity contribution in [3.63, 3.8) is 0 Å². The molecular weight excluding hydrogens is 414 g/mol. The number of aromatic nitrogens is 5. The Morgan fingerprint density at radius 3 is 2.87 bits per heavy atom. The van der Waals surface area contributed by atoms with Gasteiger partial charge in [0, 0.05) is 24.5 Å². The molecule has 31 heavy (non-hydrogen) atoms. The molecule has 0 radical (unpaired) electrons. The first-order valence-corrected chi connectivity index (χ1v) is 11.2. The lowest BCUT2D eigenvalue weighted by molar-refractivity contribution is 0.272. The first kappa shape index (κ1) is 20.0. The summed E-state index contributed by atoms with van der Waals surface area (Å²) in [7, 11) is 3.30. The van der Waals surface area contributed by atoms with Crippen molar-refractivity contribution >= 4 is 33.1 Å². The number of thiophene rings is 1. The Hall–Kier alpha value is -2.98. The lowest BCUT2D eigenvalue weighted by Crippen LogP contribution is -2.29. The highest BCUT2D eigenvalue weighted by molar-refractivity contribution is 7.19. The zero-order chi connectivity index (χ0) is 21.4. The van der Waals surface area contributed by atoms with Crippen LogP contribution in [0.25, 0.3) is 16.0 Å². The van der Waals surface area contributed by atoms with Gasteiger partial charge < -0.3 is 14.8 Å². The van der Waals surface area contributed by atoms with Crippen LogP contribution in [0.3, 0.4) is 0 Å². The number of fused-ring (bicyclic) bond motifs is 5. The Labute approximate surface area is 184 Å². The van der Waals surface area contributed by atoms with E-state index in [2.05, 4.69) is 38.7 Å². The van der Waals surface area contributed by atoms with Gasteiger partial charge in [-0.05, 0) is 53.1 Å². The second-order valence-corrected chi connectivity index (χ2v) is 8.60. The molecule has 1 aliphatic rings. The molecule has 0 spiro atoms. The lowest BCUT2D eigenvalue weighted by Gasteiger charge is -2.25. The van der Waals surface area contributed by atoms with E-state index in [4.69, 9.17) is 14.5 Å². The van der Waals surface area contributed by atoms with Gasteiger partial charge >= 0.3 is 0 Å². The largest absolute Gasteiger partial charge is 0.493 e. The summed E-state index contributed by atoms with van der Waals surface area (Å²) in [4.78, 5) is 9.65. The van der Waals surface area contributed by atoms with E-state index in [0.717, 1.165) is 72.1 Å². The molecule has 3 aromatic heterocycles. The molecule has 0 atom stereocenters. The predicted molar refractivity (Wildman–Crippen MR) is 120 cm³/mol. The maximum Gasteiger partial charge on any atom is 0.276 e. The molecule has 0 saturated carbocycles. The average Bonchev–Trinajstić information content (AvgIpc) is 3.42. The van der Waals surface area contributed by atoms with Gasteiger partial charge in [-0.3, -0.25) is 4.90 Å². The van der Waals surface area contributed by atoms with E-state index in [9.17, 15) is 0 Å². The first-order chi connectivity index (χ1) is 15.2. The van der Waals surface area contributed by atoms with E-state index >= 15 is 0 Å². The Balaban J connectivity index is 1.45. The van der Waals surface area contributed by atoms with E-state index in [0.29, 0.717) is 5.78 Å². The van der Waals surface area contributed by atoms with E-state index < -0.39 is 0 Å². The molecule has 0 bridgehead atoms. The first-order valence-electron chi connectivity index (χ1n) is 10.4. The summed E-state index contributed by atoms with van der Waals surface area (Å²) in [6.07, 6.45) is 1.85. The molecular formula is C21H25N7O2S. The predicted octanol–water partition coefficient (Wildman–Crippen LogP) is 2.78. The van der Waals surface area contributed by atoms with E-state index in [1.807, 2.05) is 12.1 Å². The van der Waals surface area contributed by atoms with Crippen LogP contribution in [-0.2, 0) is 19.4 Å². The number of nitrogens with one attached hydrogen (secondary N) is 1. The van der Waals surface area contributed by atoms with Crippen LogP contribution in [-0.4, -0.2) is 63.8 Å². The van der Waals surface area contributed by atoms with Gasteiger partial charge in [0.2, 0.25) is 0 Å². The molecule has 10 heteroatoms. The Morgan fingerprint density at radius 2 is 2.06 bits per heavy atom. The number of likely N-dealkylation sites (N-methyl/N-ethyl adjacent to an activating group) is 1. The molecule has 0 unspecified atom stereocenters. The van der Waals surface area contributed by atoms with Gasteiger partial charge in [0.15, 0.2) is 11.5 Å². The molecule has 1 aliphatic heterocycles. The van der Waals surface area contributed by atoms with Crippen molar-refractivity contribution in [2.75, 3.05) is 39.2 Å². The maximum absolute atomic E-state index is 5.42. The highest BCUT2D eigenvalue weighted by atomic mass is 32.1. The van der Waals surface area contributed by atoms with Gasteiger partial charge in [0.25, 0.3) is 5.78 Å². The maximum atomic E-state index is 5.42. The number of ether oxygens (including phenoxy) is 2. The summed E-state index contributed by atoms with van der Waals surface area (Å²) < 4.78 is 12.5. The molecule has 0 saturated heterocycles. The second-order valence-electron chi connectivity index (χ2n) is 7.52. The standard InChI is InChI=1S/C21H25N7O2S/c1-4-27-10-8-14-17(12-27)31-20-18(14)19(23-21-24-25-26-28(20)21)22-9-7-13-5-6-15(29-2)16(11-13)30-3/h5-6,11H,4,7-10,12H2,1-3H3,(H,22,23,24,26). The number of rotatable bonds is 7. The number of hydrogen-bond donors (Lipinski definition) is 1. The topological polar surface area (TPSA) is 89.7 Å². The fraction of sp³-hybridized carbons (Fsp3) is 0.429.